The predicted octanol–water partition coefficient (Wildman–Crippen LogP) is 1.33. The number of hydrogen-bond donors (Lipinski definition) is 2. The Balaban J connectivity index is 1.33. The summed E-state index contributed by atoms with van der Waals surface area (Å²) >= 11 is 0. The summed E-state index contributed by atoms with van der Waals surface area (Å²) in [5.74, 6) is -0.190. The fourth-order valence-electron chi connectivity index (χ4n) is 4.83. The van der Waals surface area contributed by atoms with Gasteiger partial charge < -0.3 is 19.9 Å². The molecule has 2 N–H and O–H groups in total. The normalized spacial score (nSPS) is 20.7. The second kappa shape index (κ2) is 8.92. The summed E-state index contributed by atoms with van der Waals surface area (Å²) in [4.78, 5) is 40.7. The van der Waals surface area contributed by atoms with E-state index >= 15 is 0 Å². The van der Waals surface area contributed by atoms with Gasteiger partial charge in [-0.1, -0.05) is 6.92 Å². The molecule has 33 heavy (non-hydrogen) atoms. The highest BCUT2D eigenvalue weighted by atomic mass is 16.5. The minimum atomic E-state index is -0.190. The van der Waals surface area contributed by atoms with E-state index in [9.17, 15) is 9.59 Å². The smallest absolute Gasteiger partial charge is 0.269 e. The van der Waals surface area contributed by atoms with E-state index in [4.69, 9.17) is 4.74 Å². The molecular weight excluding hydrogens is 420 g/mol. The summed E-state index contributed by atoms with van der Waals surface area (Å²) in [5.41, 5.74) is 4.77. The number of ether oxygens (including phenoxy) is 1. The first kappa shape index (κ1) is 21.5. The van der Waals surface area contributed by atoms with Gasteiger partial charge in [0.05, 0.1) is 48.2 Å². The van der Waals surface area contributed by atoms with E-state index < -0.39 is 0 Å². The van der Waals surface area contributed by atoms with Crippen LogP contribution in [0.5, 0.6) is 0 Å². The van der Waals surface area contributed by atoms with Crippen LogP contribution in [0.2, 0.25) is 0 Å². The zero-order valence-electron chi connectivity index (χ0n) is 18.9. The van der Waals surface area contributed by atoms with Crippen LogP contribution in [0.15, 0.2) is 41.5 Å². The molecule has 1 unspecified atom stereocenters. The Bertz CT molecular complexity index is 1230. The van der Waals surface area contributed by atoms with Crippen LogP contribution in [0, 0.1) is 0 Å². The third kappa shape index (κ3) is 4.09. The lowest BCUT2D eigenvalue weighted by Gasteiger charge is -2.44. The lowest BCUT2D eigenvalue weighted by atomic mass is 10.0. The monoisotopic (exact) mass is 448 g/mol. The average Bonchev–Trinajstić information content (AvgIpc) is 3.34. The molecule has 3 aromatic rings. The zero-order valence-corrected chi connectivity index (χ0v) is 18.9. The molecule has 0 aliphatic carbocycles. The van der Waals surface area contributed by atoms with Crippen LogP contribution in [-0.4, -0.2) is 71.2 Å². The topological polar surface area (TPSA) is 103 Å². The van der Waals surface area contributed by atoms with Gasteiger partial charge in [0, 0.05) is 38.4 Å². The van der Waals surface area contributed by atoms with Gasteiger partial charge in [0.25, 0.3) is 11.5 Å². The van der Waals surface area contributed by atoms with Crippen molar-refractivity contribution < 1.29 is 9.53 Å². The molecule has 0 spiro atoms. The van der Waals surface area contributed by atoms with E-state index in [1.165, 1.54) is 0 Å². The van der Waals surface area contributed by atoms with Crippen molar-refractivity contribution in [3.8, 4) is 0 Å². The first-order valence-electron chi connectivity index (χ1n) is 11.3. The van der Waals surface area contributed by atoms with Crippen LogP contribution in [0.3, 0.4) is 0 Å². The van der Waals surface area contributed by atoms with Crippen LogP contribution < -0.4 is 15.8 Å². The third-order valence-corrected chi connectivity index (χ3v) is 6.65. The first-order valence-corrected chi connectivity index (χ1v) is 11.3. The van der Waals surface area contributed by atoms with Crippen molar-refractivity contribution >= 4 is 22.6 Å². The van der Waals surface area contributed by atoms with Crippen LogP contribution in [-0.2, 0) is 17.7 Å². The highest BCUT2D eigenvalue weighted by molar-refractivity contribution is 5.92. The van der Waals surface area contributed by atoms with Crippen molar-refractivity contribution in [1.82, 2.24) is 25.2 Å². The molecule has 2 aliphatic heterocycles. The summed E-state index contributed by atoms with van der Waals surface area (Å²) in [7, 11) is 1.60. The second-order valence-electron chi connectivity index (χ2n) is 8.57. The highest BCUT2D eigenvalue weighted by Crippen LogP contribution is 2.29. The minimum Gasteiger partial charge on any atom is -0.378 e. The van der Waals surface area contributed by atoms with Gasteiger partial charge in [0.2, 0.25) is 0 Å². The summed E-state index contributed by atoms with van der Waals surface area (Å²) in [5, 5.41) is 2.60. The summed E-state index contributed by atoms with van der Waals surface area (Å²) in [6.07, 6.45) is 4.36. The molecule has 0 radical (unpaired) electrons. The number of aromatic nitrogens is 3. The first-order chi connectivity index (χ1) is 16.1. The van der Waals surface area contributed by atoms with Gasteiger partial charge in [-0.05, 0) is 36.2 Å². The van der Waals surface area contributed by atoms with Crippen LogP contribution in [0.4, 0.5) is 5.69 Å². The van der Waals surface area contributed by atoms with Gasteiger partial charge in [-0.25, -0.2) is 4.98 Å². The SMILES string of the molecule is CCc1cc2ncc(CN3CCN(c4ccc(C(=O)NC)nc4)C4COC[C@@H]43)cc2[nH]c1=O. The largest absolute Gasteiger partial charge is 0.378 e. The van der Waals surface area contributed by atoms with Gasteiger partial charge >= 0.3 is 0 Å². The van der Waals surface area contributed by atoms with Crippen molar-refractivity contribution in [3.63, 3.8) is 0 Å². The quantitative estimate of drug-likeness (QED) is 0.607. The molecule has 2 atom stereocenters. The Kier molecular flexibility index (Phi) is 5.82. The summed E-state index contributed by atoms with van der Waals surface area (Å²) in [6, 6.07) is 8.08. The molecule has 5 heterocycles. The van der Waals surface area contributed by atoms with Crippen molar-refractivity contribution in [2.45, 2.75) is 32.0 Å². The molecule has 5 rings (SSSR count). The van der Waals surface area contributed by atoms with E-state index in [1.807, 2.05) is 31.3 Å². The van der Waals surface area contributed by atoms with Crippen molar-refractivity contribution in [3.05, 3.63) is 63.8 Å². The summed E-state index contributed by atoms with van der Waals surface area (Å²) < 4.78 is 5.87. The van der Waals surface area contributed by atoms with Gasteiger partial charge in [-0.3, -0.25) is 19.5 Å². The van der Waals surface area contributed by atoms with Crippen LogP contribution >= 0.6 is 0 Å². The van der Waals surface area contributed by atoms with E-state index in [2.05, 4.69) is 30.1 Å². The predicted molar refractivity (Wildman–Crippen MR) is 126 cm³/mol. The Morgan fingerprint density at radius 2 is 2.03 bits per heavy atom. The van der Waals surface area contributed by atoms with Crippen molar-refractivity contribution in [2.24, 2.45) is 0 Å². The van der Waals surface area contributed by atoms with Gasteiger partial charge in [0.15, 0.2) is 0 Å². The molecule has 0 bridgehead atoms. The molecule has 3 aromatic heterocycles. The summed E-state index contributed by atoms with van der Waals surface area (Å²) in [6.45, 7) is 5.74. The van der Waals surface area contributed by atoms with E-state index in [0.717, 1.165) is 47.5 Å². The molecule has 2 saturated heterocycles. The molecule has 2 aliphatic rings. The highest BCUT2D eigenvalue weighted by Gasteiger charge is 2.41. The number of nitrogens with one attached hydrogen (secondary N) is 2. The number of H-pyrrole nitrogens is 1. The second-order valence-corrected chi connectivity index (χ2v) is 8.57. The molecule has 1 amide bonds. The number of anilines is 1. The van der Waals surface area contributed by atoms with Crippen LogP contribution in [0.25, 0.3) is 11.0 Å². The standard InChI is InChI=1S/C24H28N6O3/c1-3-16-9-19-20(28-23(16)31)8-15(10-26-19)12-29-6-7-30(22-14-33-13-21(22)29)17-4-5-18(27-11-17)24(32)25-2/h4-5,8-11,21-22H,3,6-7,12-14H2,1-2H3,(H,25,32)(H,28,31)/t21-,22?/m0/s1. The number of carbonyl (C=O) groups excluding carboxylic acids is 1. The number of amides is 1. The number of piperazine rings is 1. The number of fused-ring (bicyclic) bond motifs is 2. The van der Waals surface area contributed by atoms with Crippen LogP contribution in [0.1, 0.15) is 28.5 Å². The average molecular weight is 449 g/mol. The molecule has 2 fully saturated rings. The fourth-order valence-corrected chi connectivity index (χ4v) is 4.83. The maximum absolute atomic E-state index is 12.2. The molecule has 172 valence electrons. The fraction of sp³-hybridized carbons (Fsp3) is 0.417. The van der Waals surface area contributed by atoms with E-state index in [1.54, 1.807) is 19.3 Å². The number of aromatic amines is 1. The Morgan fingerprint density at radius 1 is 1.18 bits per heavy atom. The Labute approximate surface area is 191 Å². The van der Waals surface area contributed by atoms with Gasteiger partial charge in [-0.2, -0.15) is 0 Å². The van der Waals surface area contributed by atoms with E-state index in [-0.39, 0.29) is 23.6 Å². The number of rotatable bonds is 5. The maximum Gasteiger partial charge on any atom is 0.269 e. The number of pyridine rings is 3. The molecule has 9 nitrogen and oxygen atoms in total. The lowest BCUT2D eigenvalue weighted by Crippen LogP contribution is -2.59. The van der Waals surface area contributed by atoms with Crippen molar-refractivity contribution in [1.29, 1.82) is 0 Å². The van der Waals surface area contributed by atoms with Gasteiger partial charge in [0.1, 0.15) is 5.69 Å². The Morgan fingerprint density at radius 3 is 2.79 bits per heavy atom. The maximum atomic E-state index is 12.2. The number of hydrogen-bond acceptors (Lipinski definition) is 7. The zero-order chi connectivity index (χ0) is 22.9. The number of carbonyl (C=O) groups is 1. The molecule has 0 aromatic carbocycles. The minimum absolute atomic E-state index is 0.0436. The molecule has 0 saturated carbocycles. The number of nitrogens with zero attached hydrogens (tertiary/aromatic N) is 4. The molecule has 9 heteroatoms. The third-order valence-electron chi connectivity index (χ3n) is 6.65. The number of aryl methyl sites for hydroxylation is 1. The van der Waals surface area contributed by atoms with Gasteiger partial charge in [-0.15, -0.1) is 0 Å². The lowest BCUT2D eigenvalue weighted by molar-refractivity contribution is 0.0958. The van der Waals surface area contributed by atoms with Crippen molar-refractivity contribution in [2.75, 3.05) is 38.3 Å². The van der Waals surface area contributed by atoms with E-state index in [0.29, 0.717) is 25.3 Å². The molecular formula is C24H28N6O3. The Hall–Kier alpha value is -3.30.